The molecule has 0 aliphatic carbocycles. The van der Waals surface area contributed by atoms with Crippen molar-refractivity contribution in [2.75, 3.05) is 0 Å². The lowest BCUT2D eigenvalue weighted by atomic mass is 9.97. The topological polar surface area (TPSA) is 43.1 Å². The molecule has 2 nitrogen and oxygen atoms in total. The Bertz CT molecular complexity index is 739. The molecule has 0 spiro atoms. The van der Waals surface area contributed by atoms with Gasteiger partial charge < -0.3 is 5.73 Å². The van der Waals surface area contributed by atoms with Crippen LogP contribution in [0, 0.1) is 0 Å². The highest BCUT2D eigenvalue weighted by molar-refractivity contribution is 5.98. The molecule has 0 heterocycles. The van der Waals surface area contributed by atoms with Gasteiger partial charge in [-0.25, -0.2) is 0 Å². The van der Waals surface area contributed by atoms with Gasteiger partial charge >= 0.3 is 0 Å². The fraction of sp³-hybridized carbons (Fsp3) is 0. The van der Waals surface area contributed by atoms with E-state index in [1.54, 1.807) is 12.1 Å². The predicted molar refractivity (Wildman–Crippen MR) is 77.9 cm³/mol. The summed E-state index contributed by atoms with van der Waals surface area (Å²) in [5.74, 6) is -0.399. The first-order chi connectivity index (χ1) is 9.25. The summed E-state index contributed by atoms with van der Waals surface area (Å²) in [6, 6.07) is 21.9. The van der Waals surface area contributed by atoms with Crippen molar-refractivity contribution in [2.24, 2.45) is 5.73 Å². The van der Waals surface area contributed by atoms with Gasteiger partial charge in [0, 0.05) is 5.56 Å². The molecule has 0 bridgehead atoms. The minimum atomic E-state index is -0.399. The molecular formula is C17H13NO. The quantitative estimate of drug-likeness (QED) is 0.738. The molecule has 0 saturated carbocycles. The van der Waals surface area contributed by atoms with Crippen molar-refractivity contribution in [1.82, 2.24) is 0 Å². The third-order valence-corrected chi connectivity index (χ3v) is 3.27. The number of nitrogens with two attached hydrogens (primary N) is 1. The van der Waals surface area contributed by atoms with Crippen molar-refractivity contribution in [3.63, 3.8) is 0 Å². The highest BCUT2D eigenvalue weighted by atomic mass is 16.1. The minimum absolute atomic E-state index is 0.399. The minimum Gasteiger partial charge on any atom is -0.366 e. The standard InChI is InChI=1S/C17H13NO/c18-17(19)14-10-8-13(9-11-14)16-7-3-5-12-4-1-2-6-15(12)16/h1-11H,(H2,18,19). The highest BCUT2D eigenvalue weighted by Gasteiger charge is 2.04. The third-order valence-electron chi connectivity index (χ3n) is 3.27. The second-order valence-electron chi connectivity index (χ2n) is 4.47. The van der Waals surface area contributed by atoms with Gasteiger partial charge in [0.25, 0.3) is 0 Å². The lowest BCUT2D eigenvalue weighted by Gasteiger charge is -2.07. The Morgan fingerprint density at radius 1 is 0.789 bits per heavy atom. The number of amides is 1. The Morgan fingerprint density at radius 3 is 2.21 bits per heavy atom. The molecule has 0 atom stereocenters. The Hall–Kier alpha value is -2.61. The molecule has 0 saturated heterocycles. The van der Waals surface area contributed by atoms with Crippen molar-refractivity contribution < 1.29 is 4.79 Å². The SMILES string of the molecule is NC(=O)c1ccc(-c2cccc3ccccc23)cc1. The molecule has 3 rings (SSSR count). The van der Waals surface area contributed by atoms with E-state index in [-0.39, 0.29) is 0 Å². The maximum Gasteiger partial charge on any atom is 0.248 e. The summed E-state index contributed by atoms with van der Waals surface area (Å²) in [6.07, 6.45) is 0. The zero-order chi connectivity index (χ0) is 13.2. The van der Waals surface area contributed by atoms with Crippen LogP contribution in [0.15, 0.2) is 66.7 Å². The average molecular weight is 247 g/mol. The van der Waals surface area contributed by atoms with Crippen molar-refractivity contribution in [1.29, 1.82) is 0 Å². The lowest BCUT2D eigenvalue weighted by molar-refractivity contribution is 0.100. The molecule has 0 unspecified atom stereocenters. The Kier molecular flexibility index (Phi) is 2.76. The van der Waals surface area contributed by atoms with Crippen molar-refractivity contribution in [3.8, 4) is 11.1 Å². The Morgan fingerprint density at radius 2 is 1.47 bits per heavy atom. The molecule has 92 valence electrons. The maximum atomic E-state index is 11.1. The number of hydrogen-bond acceptors (Lipinski definition) is 1. The molecule has 1 amide bonds. The van der Waals surface area contributed by atoms with Gasteiger partial charge in [0.05, 0.1) is 0 Å². The van der Waals surface area contributed by atoms with E-state index < -0.39 is 5.91 Å². The van der Waals surface area contributed by atoms with Crippen LogP contribution in [0.5, 0.6) is 0 Å². The van der Waals surface area contributed by atoms with E-state index in [1.165, 1.54) is 10.8 Å². The van der Waals surface area contributed by atoms with Crippen LogP contribution in [0.4, 0.5) is 0 Å². The number of rotatable bonds is 2. The van der Waals surface area contributed by atoms with Gasteiger partial charge in [-0.3, -0.25) is 4.79 Å². The van der Waals surface area contributed by atoms with Crippen molar-refractivity contribution >= 4 is 16.7 Å². The van der Waals surface area contributed by atoms with Gasteiger partial charge in [0.2, 0.25) is 5.91 Å². The van der Waals surface area contributed by atoms with E-state index in [4.69, 9.17) is 5.73 Å². The second-order valence-corrected chi connectivity index (χ2v) is 4.47. The monoisotopic (exact) mass is 247 g/mol. The summed E-state index contributed by atoms with van der Waals surface area (Å²) in [6.45, 7) is 0. The summed E-state index contributed by atoms with van der Waals surface area (Å²) in [5.41, 5.74) is 8.03. The van der Waals surface area contributed by atoms with Crippen LogP contribution in [-0.2, 0) is 0 Å². The molecule has 0 aliphatic heterocycles. The number of carbonyl (C=O) groups is 1. The summed E-state index contributed by atoms with van der Waals surface area (Å²) in [4.78, 5) is 11.1. The van der Waals surface area contributed by atoms with E-state index in [2.05, 4.69) is 24.3 Å². The van der Waals surface area contributed by atoms with E-state index in [1.807, 2.05) is 30.3 Å². The number of primary amides is 1. The van der Waals surface area contributed by atoms with Gasteiger partial charge in [-0.1, -0.05) is 54.6 Å². The first kappa shape index (κ1) is 11.5. The zero-order valence-electron chi connectivity index (χ0n) is 10.3. The second kappa shape index (κ2) is 4.58. The molecule has 0 aliphatic rings. The molecule has 2 heteroatoms. The largest absolute Gasteiger partial charge is 0.366 e. The molecule has 2 N–H and O–H groups in total. The van der Waals surface area contributed by atoms with Gasteiger partial charge in [-0.15, -0.1) is 0 Å². The predicted octanol–water partition coefficient (Wildman–Crippen LogP) is 3.61. The van der Waals surface area contributed by atoms with Gasteiger partial charge in [-0.05, 0) is 34.0 Å². The first-order valence-electron chi connectivity index (χ1n) is 6.14. The average Bonchev–Trinajstić information content (AvgIpc) is 2.47. The molecule has 0 fully saturated rings. The van der Waals surface area contributed by atoms with E-state index in [0.717, 1.165) is 11.1 Å². The van der Waals surface area contributed by atoms with Crippen LogP contribution in [0.1, 0.15) is 10.4 Å². The highest BCUT2D eigenvalue weighted by Crippen LogP contribution is 2.28. The maximum absolute atomic E-state index is 11.1. The normalized spacial score (nSPS) is 10.5. The molecule has 0 aromatic heterocycles. The fourth-order valence-corrected chi connectivity index (χ4v) is 2.29. The van der Waals surface area contributed by atoms with Crippen LogP contribution in [0.3, 0.4) is 0 Å². The number of hydrogen-bond donors (Lipinski definition) is 1. The van der Waals surface area contributed by atoms with Gasteiger partial charge in [0.1, 0.15) is 0 Å². The van der Waals surface area contributed by atoms with Gasteiger partial charge in [0.15, 0.2) is 0 Å². The molecule has 3 aromatic carbocycles. The van der Waals surface area contributed by atoms with E-state index in [0.29, 0.717) is 5.56 Å². The Balaban J connectivity index is 2.16. The molecule has 3 aromatic rings. The van der Waals surface area contributed by atoms with Crippen molar-refractivity contribution in [2.45, 2.75) is 0 Å². The number of fused-ring (bicyclic) bond motifs is 1. The summed E-state index contributed by atoms with van der Waals surface area (Å²) in [7, 11) is 0. The van der Waals surface area contributed by atoms with Crippen LogP contribution < -0.4 is 5.73 Å². The fourth-order valence-electron chi connectivity index (χ4n) is 2.29. The van der Waals surface area contributed by atoms with Crippen LogP contribution >= 0.6 is 0 Å². The molecule has 0 radical (unpaired) electrons. The Labute approximate surface area is 111 Å². The first-order valence-corrected chi connectivity index (χ1v) is 6.14. The number of benzene rings is 3. The molecule has 19 heavy (non-hydrogen) atoms. The van der Waals surface area contributed by atoms with E-state index >= 15 is 0 Å². The van der Waals surface area contributed by atoms with E-state index in [9.17, 15) is 4.79 Å². The van der Waals surface area contributed by atoms with Gasteiger partial charge in [-0.2, -0.15) is 0 Å². The number of carbonyl (C=O) groups excluding carboxylic acids is 1. The summed E-state index contributed by atoms with van der Waals surface area (Å²) < 4.78 is 0. The van der Waals surface area contributed by atoms with Crippen LogP contribution in [-0.4, -0.2) is 5.91 Å². The lowest BCUT2D eigenvalue weighted by Crippen LogP contribution is -2.10. The van der Waals surface area contributed by atoms with Crippen molar-refractivity contribution in [3.05, 3.63) is 72.3 Å². The zero-order valence-corrected chi connectivity index (χ0v) is 10.3. The van der Waals surface area contributed by atoms with Crippen LogP contribution in [0.2, 0.25) is 0 Å². The molecular weight excluding hydrogens is 234 g/mol. The third kappa shape index (κ3) is 2.08. The summed E-state index contributed by atoms with van der Waals surface area (Å²) in [5, 5.41) is 2.41. The smallest absolute Gasteiger partial charge is 0.248 e. The van der Waals surface area contributed by atoms with Crippen LogP contribution in [0.25, 0.3) is 21.9 Å². The summed E-state index contributed by atoms with van der Waals surface area (Å²) >= 11 is 0.